The van der Waals surface area contributed by atoms with Crippen LogP contribution in [0.15, 0.2) is 18.7 Å². The molecule has 0 bridgehead atoms. The number of rotatable bonds is 13. The van der Waals surface area contributed by atoms with E-state index in [4.69, 9.17) is 5.11 Å². The largest absolute Gasteiger partial charge is 0.481 e. The lowest BCUT2D eigenvalue weighted by Crippen LogP contribution is -2.30. The van der Waals surface area contributed by atoms with Crippen molar-refractivity contribution >= 4 is 5.97 Å². The Bertz CT molecular complexity index is 336. The molecule has 2 N–H and O–H groups in total. The van der Waals surface area contributed by atoms with E-state index in [1.54, 1.807) is 0 Å². The summed E-state index contributed by atoms with van der Waals surface area (Å²) >= 11 is 0. The third-order valence-electron chi connectivity index (χ3n) is 3.66. The summed E-state index contributed by atoms with van der Waals surface area (Å²) in [5.41, 5.74) is 0. The first-order valence-electron chi connectivity index (χ1n) is 8.02. The summed E-state index contributed by atoms with van der Waals surface area (Å²) in [5.74, 6) is -0.664. The Morgan fingerprint density at radius 2 is 1.45 bits per heavy atom. The van der Waals surface area contributed by atoms with Gasteiger partial charge in [0.15, 0.2) is 0 Å². The monoisotopic (exact) mass is 281 g/mol. The van der Waals surface area contributed by atoms with Gasteiger partial charge in [-0.15, -0.1) is 0 Å². The van der Waals surface area contributed by atoms with E-state index in [1.165, 1.54) is 51.4 Å². The minimum absolute atomic E-state index is 0.332. The van der Waals surface area contributed by atoms with Crippen LogP contribution in [0.3, 0.4) is 0 Å². The van der Waals surface area contributed by atoms with Crippen LogP contribution in [0.4, 0.5) is 0 Å². The molecule has 114 valence electrons. The van der Waals surface area contributed by atoms with E-state index < -0.39 is 5.97 Å². The van der Waals surface area contributed by atoms with E-state index >= 15 is 0 Å². The van der Waals surface area contributed by atoms with Crippen LogP contribution < -0.4 is 4.57 Å². The highest BCUT2D eigenvalue weighted by Gasteiger charge is 1.98. The maximum absolute atomic E-state index is 10.3. The Hall–Kier alpha value is -1.32. The molecular formula is C16H29N2O2+. The normalized spacial score (nSPS) is 10.8. The van der Waals surface area contributed by atoms with Crippen molar-refractivity contribution in [2.45, 2.75) is 77.2 Å². The SMILES string of the molecule is O=C(O)CCCCCCCCCCCC[n+]1cc[nH]c1. The zero-order valence-corrected chi connectivity index (χ0v) is 12.5. The van der Waals surface area contributed by atoms with Crippen LogP contribution in [0.5, 0.6) is 0 Å². The summed E-state index contributed by atoms with van der Waals surface area (Å²) in [5, 5.41) is 8.51. The zero-order chi connectivity index (χ0) is 14.5. The second-order valence-electron chi connectivity index (χ2n) is 5.53. The number of carbonyl (C=O) groups is 1. The topological polar surface area (TPSA) is 57.0 Å². The third kappa shape index (κ3) is 9.59. The molecule has 0 atom stereocenters. The Morgan fingerprint density at radius 1 is 0.900 bits per heavy atom. The van der Waals surface area contributed by atoms with E-state index in [0.717, 1.165) is 19.4 Å². The van der Waals surface area contributed by atoms with Gasteiger partial charge in [0.25, 0.3) is 0 Å². The van der Waals surface area contributed by atoms with E-state index in [1.807, 2.05) is 12.5 Å². The lowest BCUT2D eigenvalue weighted by Gasteiger charge is -2.02. The van der Waals surface area contributed by atoms with Crippen LogP contribution in [-0.2, 0) is 11.3 Å². The molecule has 0 radical (unpaired) electrons. The summed E-state index contributed by atoms with van der Waals surface area (Å²) < 4.78 is 2.19. The van der Waals surface area contributed by atoms with Crippen LogP contribution in [0, 0.1) is 0 Å². The number of aryl methyl sites for hydroxylation is 1. The lowest BCUT2D eigenvalue weighted by molar-refractivity contribution is -0.696. The summed E-state index contributed by atoms with van der Waals surface area (Å²) in [6, 6.07) is 0. The number of aromatic amines is 1. The second kappa shape index (κ2) is 11.5. The maximum Gasteiger partial charge on any atom is 0.303 e. The number of hydrogen-bond donors (Lipinski definition) is 2. The average Bonchev–Trinajstić information content (AvgIpc) is 2.93. The van der Waals surface area contributed by atoms with Crippen molar-refractivity contribution < 1.29 is 14.5 Å². The molecule has 0 amide bonds. The van der Waals surface area contributed by atoms with Crippen molar-refractivity contribution in [1.29, 1.82) is 0 Å². The van der Waals surface area contributed by atoms with E-state index in [2.05, 4.69) is 15.7 Å². The van der Waals surface area contributed by atoms with Crippen LogP contribution in [0.2, 0.25) is 0 Å². The number of carboxylic acids is 1. The average molecular weight is 281 g/mol. The number of imidazole rings is 1. The molecule has 0 aliphatic rings. The number of carboxylic acid groups (broad SMARTS) is 1. The number of aliphatic carboxylic acids is 1. The predicted molar refractivity (Wildman–Crippen MR) is 79.4 cm³/mol. The number of nitrogens with zero attached hydrogens (tertiary/aromatic N) is 1. The number of H-pyrrole nitrogens is 1. The number of unbranched alkanes of at least 4 members (excludes halogenated alkanes) is 9. The molecular weight excluding hydrogens is 252 g/mol. The number of nitrogens with one attached hydrogen (secondary N) is 1. The first-order valence-corrected chi connectivity index (χ1v) is 8.02. The molecule has 0 unspecified atom stereocenters. The van der Waals surface area contributed by atoms with Gasteiger partial charge in [-0.2, -0.15) is 0 Å². The maximum atomic E-state index is 10.3. The first kappa shape index (κ1) is 16.7. The van der Waals surface area contributed by atoms with Gasteiger partial charge in [-0.1, -0.05) is 44.9 Å². The fraction of sp³-hybridized carbons (Fsp3) is 0.750. The van der Waals surface area contributed by atoms with Crippen LogP contribution in [0.1, 0.15) is 70.6 Å². The van der Waals surface area contributed by atoms with E-state index in [0.29, 0.717) is 6.42 Å². The number of aromatic nitrogens is 2. The lowest BCUT2D eigenvalue weighted by atomic mass is 10.1. The number of hydrogen-bond acceptors (Lipinski definition) is 1. The molecule has 0 saturated heterocycles. The molecule has 0 aromatic carbocycles. The molecule has 0 saturated carbocycles. The molecule has 20 heavy (non-hydrogen) atoms. The highest BCUT2D eigenvalue weighted by atomic mass is 16.4. The van der Waals surface area contributed by atoms with Gasteiger partial charge in [0.05, 0.1) is 6.54 Å². The zero-order valence-electron chi connectivity index (χ0n) is 12.5. The molecule has 0 aliphatic heterocycles. The van der Waals surface area contributed by atoms with Crippen LogP contribution >= 0.6 is 0 Å². The molecule has 1 aromatic rings. The van der Waals surface area contributed by atoms with Crippen molar-refractivity contribution in [3.63, 3.8) is 0 Å². The van der Waals surface area contributed by atoms with Gasteiger partial charge in [-0.25, -0.2) is 4.57 Å². The Kier molecular flexibility index (Phi) is 9.62. The van der Waals surface area contributed by atoms with Crippen molar-refractivity contribution in [1.82, 2.24) is 4.98 Å². The Labute approximate surface area is 122 Å². The molecule has 1 aromatic heterocycles. The van der Waals surface area contributed by atoms with Gasteiger partial charge in [-0.05, 0) is 19.3 Å². The predicted octanol–water partition coefficient (Wildman–Crippen LogP) is 3.68. The van der Waals surface area contributed by atoms with Crippen molar-refractivity contribution in [3.8, 4) is 0 Å². The summed E-state index contributed by atoms with van der Waals surface area (Å²) in [7, 11) is 0. The van der Waals surface area contributed by atoms with Gasteiger partial charge in [0, 0.05) is 6.42 Å². The van der Waals surface area contributed by atoms with Gasteiger partial charge >= 0.3 is 5.97 Å². The highest BCUT2D eigenvalue weighted by molar-refractivity contribution is 5.66. The van der Waals surface area contributed by atoms with E-state index in [9.17, 15) is 4.79 Å². The minimum Gasteiger partial charge on any atom is -0.481 e. The first-order chi connectivity index (χ1) is 9.79. The Morgan fingerprint density at radius 3 is 1.95 bits per heavy atom. The van der Waals surface area contributed by atoms with Crippen LogP contribution in [-0.4, -0.2) is 16.1 Å². The molecule has 4 nitrogen and oxygen atoms in total. The fourth-order valence-corrected chi connectivity index (χ4v) is 2.44. The smallest absolute Gasteiger partial charge is 0.303 e. The third-order valence-corrected chi connectivity index (χ3v) is 3.66. The summed E-state index contributed by atoms with van der Waals surface area (Å²) in [6.07, 6.45) is 18.6. The standard InChI is InChI=1S/C16H28N2O2/c19-16(20)11-9-7-5-3-1-2-4-6-8-10-13-18-14-12-17-15-18/h12,14-15H,1-11,13H2,(H,19,20)/p+1. The summed E-state index contributed by atoms with van der Waals surface area (Å²) in [4.78, 5) is 13.4. The minimum atomic E-state index is -0.664. The molecule has 0 fully saturated rings. The molecule has 1 heterocycles. The molecule has 1 rings (SSSR count). The van der Waals surface area contributed by atoms with Gasteiger partial charge in [-0.3, -0.25) is 9.78 Å². The molecule has 0 aliphatic carbocycles. The quantitative estimate of drug-likeness (QED) is 0.428. The second-order valence-corrected chi connectivity index (χ2v) is 5.53. The van der Waals surface area contributed by atoms with Crippen molar-refractivity contribution in [2.75, 3.05) is 0 Å². The summed E-state index contributed by atoms with van der Waals surface area (Å²) in [6.45, 7) is 1.12. The van der Waals surface area contributed by atoms with Crippen molar-refractivity contribution in [2.24, 2.45) is 0 Å². The Balaban J connectivity index is 1.73. The molecule has 0 spiro atoms. The van der Waals surface area contributed by atoms with Gasteiger partial charge in [0.1, 0.15) is 12.4 Å². The van der Waals surface area contributed by atoms with Gasteiger partial charge < -0.3 is 5.11 Å². The van der Waals surface area contributed by atoms with Crippen molar-refractivity contribution in [3.05, 3.63) is 18.7 Å². The van der Waals surface area contributed by atoms with Gasteiger partial charge in [0.2, 0.25) is 6.33 Å². The van der Waals surface area contributed by atoms with E-state index in [-0.39, 0.29) is 0 Å². The molecule has 4 heteroatoms. The van der Waals surface area contributed by atoms with Crippen LogP contribution in [0.25, 0.3) is 0 Å². The fourth-order valence-electron chi connectivity index (χ4n) is 2.44. The highest BCUT2D eigenvalue weighted by Crippen LogP contribution is 2.11.